The fraction of sp³-hybridized carbons (Fsp3) is 0.286. The van der Waals surface area contributed by atoms with E-state index in [2.05, 4.69) is 4.98 Å². The predicted octanol–water partition coefficient (Wildman–Crippen LogP) is 1.79. The number of carbonyl (C=O) groups is 2. The van der Waals surface area contributed by atoms with Crippen LogP contribution in [-0.2, 0) is 20.9 Å². The number of carboxylic acid groups (broad SMARTS) is 1. The average molecular weight is 357 g/mol. The number of fused-ring (bicyclic) bond motifs is 1. The van der Waals surface area contributed by atoms with Crippen molar-refractivity contribution >= 4 is 46.2 Å². The van der Waals surface area contributed by atoms with Gasteiger partial charge in [0.1, 0.15) is 6.54 Å². The van der Waals surface area contributed by atoms with Gasteiger partial charge in [-0.3, -0.25) is 19.0 Å². The summed E-state index contributed by atoms with van der Waals surface area (Å²) >= 11 is 6.75. The van der Waals surface area contributed by atoms with Crippen molar-refractivity contribution < 1.29 is 19.4 Å². The third kappa shape index (κ3) is 4.23. The fourth-order valence-electron chi connectivity index (χ4n) is 1.88. The molecule has 23 heavy (non-hydrogen) atoms. The van der Waals surface area contributed by atoms with Crippen molar-refractivity contribution in [2.45, 2.75) is 18.6 Å². The van der Waals surface area contributed by atoms with Crippen molar-refractivity contribution in [1.82, 2.24) is 9.55 Å². The molecular formula is C14H13ClN2O5S. The highest BCUT2D eigenvalue weighted by Gasteiger charge is 2.16. The van der Waals surface area contributed by atoms with Gasteiger partial charge in [-0.25, -0.2) is 4.98 Å². The Morgan fingerprint density at radius 2 is 2.17 bits per heavy atom. The van der Waals surface area contributed by atoms with Gasteiger partial charge in [0.25, 0.3) is 5.56 Å². The fourth-order valence-corrected chi connectivity index (χ4v) is 2.78. The maximum atomic E-state index is 12.6. The molecule has 0 spiro atoms. The minimum atomic E-state index is -1.05. The molecule has 0 atom stereocenters. The first-order chi connectivity index (χ1) is 10.9. The van der Waals surface area contributed by atoms with E-state index in [1.54, 1.807) is 19.1 Å². The Kier molecular flexibility index (Phi) is 5.62. The maximum Gasteiger partial charge on any atom is 0.326 e. The number of hydrogen-bond acceptors (Lipinski definition) is 6. The van der Waals surface area contributed by atoms with Gasteiger partial charge in [-0.05, 0) is 25.1 Å². The van der Waals surface area contributed by atoms with Crippen LogP contribution >= 0.6 is 23.4 Å². The van der Waals surface area contributed by atoms with Crippen LogP contribution in [0.25, 0.3) is 10.9 Å². The first-order valence-corrected chi connectivity index (χ1v) is 7.99. The first kappa shape index (κ1) is 17.3. The normalized spacial score (nSPS) is 10.7. The van der Waals surface area contributed by atoms with Gasteiger partial charge in [0.2, 0.25) is 0 Å². The minimum Gasteiger partial charge on any atom is -0.481 e. The second kappa shape index (κ2) is 7.47. The van der Waals surface area contributed by atoms with Crippen LogP contribution in [0.3, 0.4) is 0 Å². The molecule has 0 fully saturated rings. The number of aliphatic carboxylic acids is 1. The quantitative estimate of drug-likeness (QED) is 0.478. The Balaban J connectivity index is 2.55. The Labute approximate surface area is 140 Å². The zero-order valence-electron chi connectivity index (χ0n) is 12.1. The Bertz CT molecular complexity index is 821. The van der Waals surface area contributed by atoms with Crippen molar-refractivity contribution in [2.24, 2.45) is 0 Å². The van der Waals surface area contributed by atoms with Crippen molar-refractivity contribution in [1.29, 1.82) is 0 Å². The van der Waals surface area contributed by atoms with E-state index in [0.717, 1.165) is 16.3 Å². The number of ether oxygens (including phenoxy) is 1. The maximum absolute atomic E-state index is 12.6. The largest absolute Gasteiger partial charge is 0.481 e. The molecule has 0 radical (unpaired) electrons. The predicted molar refractivity (Wildman–Crippen MR) is 86.0 cm³/mol. The lowest BCUT2D eigenvalue weighted by molar-refractivity contribution is -0.144. The summed E-state index contributed by atoms with van der Waals surface area (Å²) < 4.78 is 5.94. The van der Waals surface area contributed by atoms with Gasteiger partial charge in [-0.2, -0.15) is 0 Å². The monoisotopic (exact) mass is 356 g/mol. The molecule has 2 aromatic rings. The Morgan fingerprint density at radius 3 is 2.83 bits per heavy atom. The van der Waals surface area contributed by atoms with Crippen LogP contribution in [0.15, 0.2) is 28.2 Å². The van der Waals surface area contributed by atoms with Crippen molar-refractivity contribution in [3.05, 3.63) is 33.6 Å². The van der Waals surface area contributed by atoms with Crippen molar-refractivity contribution in [3.8, 4) is 0 Å². The van der Waals surface area contributed by atoms with E-state index in [4.69, 9.17) is 21.4 Å². The summed E-state index contributed by atoms with van der Waals surface area (Å²) in [6.45, 7) is 1.49. The van der Waals surface area contributed by atoms with Crippen LogP contribution in [0.5, 0.6) is 0 Å². The van der Waals surface area contributed by atoms with Crippen LogP contribution in [-0.4, -0.2) is 39.0 Å². The van der Waals surface area contributed by atoms with Gasteiger partial charge in [-0.15, -0.1) is 0 Å². The highest BCUT2D eigenvalue weighted by molar-refractivity contribution is 7.99. The van der Waals surface area contributed by atoms with E-state index in [0.29, 0.717) is 10.5 Å². The van der Waals surface area contributed by atoms with Gasteiger partial charge in [0, 0.05) is 5.02 Å². The summed E-state index contributed by atoms with van der Waals surface area (Å²) in [5, 5.41) is 9.56. The Morgan fingerprint density at radius 1 is 1.43 bits per heavy atom. The molecular weight excluding hydrogens is 344 g/mol. The summed E-state index contributed by atoms with van der Waals surface area (Å²) in [6.07, 6.45) is 0. The zero-order chi connectivity index (χ0) is 17.0. The molecule has 0 aliphatic heterocycles. The minimum absolute atomic E-state index is 0.139. The second-order valence-electron chi connectivity index (χ2n) is 4.43. The number of aromatic nitrogens is 2. The first-order valence-electron chi connectivity index (χ1n) is 6.62. The van der Waals surface area contributed by atoms with E-state index in [1.165, 1.54) is 6.07 Å². The molecule has 122 valence electrons. The summed E-state index contributed by atoms with van der Waals surface area (Å²) in [6, 6.07) is 4.61. The smallest absolute Gasteiger partial charge is 0.326 e. The summed E-state index contributed by atoms with van der Waals surface area (Å²) in [7, 11) is 0. The van der Waals surface area contributed by atoms with Gasteiger partial charge in [0.15, 0.2) is 5.16 Å². The number of benzene rings is 1. The molecule has 1 aromatic heterocycles. The lowest BCUT2D eigenvalue weighted by atomic mass is 10.2. The average Bonchev–Trinajstić information content (AvgIpc) is 2.49. The summed E-state index contributed by atoms with van der Waals surface area (Å²) in [5.74, 6) is -1.94. The Hall–Kier alpha value is -2.06. The van der Waals surface area contributed by atoms with Crippen LogP contribution in [0.4, 0.5) is 0 Å². The lowest BCUT2D eigenvalue weighted by Crippen LogP contribution is -2.28. The van der Waals surface area contributed by atoms with E-state index in [1.807, 2.05) is 0 Å². The molecule has 0 saturated carbocycles. The van der Waals surface area contributed by atoms with E-state index in [-0.39, 0.29) is 29.4 Å². The van der Waals surface area contributed by atoms with Crippen LogP contribution in [0.1, 0.15) is 6.92 Å². The highest BCUT2D eigenvalue weighted by Crippen LogP contribution is 2.20. The van der Waals surface area contributed by atoms with Gasteiger partial charge < -0.3 is 9.84 Å². The number of carboxylic acids is 1. The van der Waals surface area contributed by atoms with Crippen LogP contribution < -0.4 is 5.56 Å². The van der Waals surface area contributed by atoms with Crippen molar-refractivity contribution in [2.75, 3.05) is 12.4 Å². The molecule has 1 aromatic carbocycles. The zero-order valence-corrected chi connectivity index (χ0v) is 13.7. The topological polar surface area (TPSA) is 98.5 Å². The molecule has 9 heteroatoms. The van der Waals surface area contributed by atoms with Crippen molar-refractivity contribution in [3.63, 3.8) is 0 Å². The van der Waals surface area contributed by atoms with Gasteiger partial charge in [-0.1, -0.05) is 23.4 Å². The molecule has 0 aliphatic carbocycles. The third-order valence-corrected chi connectivity index (χ3v) is 3.99. The highest BCUT2D eigenvalue weighted by atomic mass is 35.5. The number of halogens is 1. The number of hydrogen-bond donors (Lipinski definition) is 1. The van der Waals surface area contributed by atoms with Gasteiger partial charge in [0.05, 0.1) is 23.3 Å². The lowest BCUT2D eigenvalue weighted by Gasteiger charge is -2.12. The molecule has 1 heterocycles. The molecule has 7 nitrogen and oxygen atoms in total. The molecule has 0 saturated heterocycles. The second-order valence-corrected chi connectivity index (χ2v) is 5.81. The van der Waals surface area contributed by atoms with E-state index in [9.17, 15) is 14.4 Å². The standard InChI is InChI=1S/C14H13ClN2O5S/c1-2-22-12(20)6-17-13(21)9-5-8(15)3-4-10(9)16-14(17)23-7-11(18)19/h3-5H,2,6-7H2,1H3,(H,18,19). The molecule has 0 aliphatic rings. The summed E-state index contributed by atoms with van der Waals surface area (Å²) in [5.41, 5.74) is -0.0918. The third-order valence-electron chi connectivity index (χ3n) is 2.80. The number of nitrogens with zero attached hydrogens (tertiary/aromatic N) is 2. The molecule has 1 N–H and O–H groups in total. The van der Waals surface area contributed by atoms with Crippen LogP contribution in [0.2, 0.25) is 5.02 Å². The molecule has 0 bridgehead atoms. The molecule has 0 amide bonds. The van der Waals surface area contributed by atoms with E-state index < -0.39 is 17.5 Å². The molecule has 0 unspecified atom stereocenters. The molecule has 2 rings (SSSR count). The number of thioether (sulfide) groups is 1. The number of rotatable bonds is 6. The number of carbonyl (C=O) groups excluding carboxylic acids is 1. The van der Waals surface area contributed by atoms with Crippen LogP contribution in [0, 0.1) is 0 Å². The SMILES string of the molecule is CCOC(=O)Cn1c(SCC(=O)O)nc2ccc(Cl)cc2c1=O. The number of esters is 1. The van der Waals surface area contributed by atoms with Gasteiger partial charge >= 0.3 is 11.9 Å². The van der Waals surface area contributed by atoms with E-state index >= 15 is 0 Å². The summed E-state index contributed by atoms with van der Waals surface area (Å²) in [4.78, 5) is 39.3.